The number of nitrogens with one attached hydrogen (secondary N) is 2. The minimum atomic E-state index is -1.05. The maximum atomic E-state index is 10.2. The molecule has 0 aliphatic carbocycles. The number of aromatic nitrogens is 2. The molecule has 0 fully saturated rings. The molecule has 0 saturated heterocycles. The first-order valence-electron chi connectivity index (χ1n) is 3.50. The van der Waals surface area contributed by atoms with Crippen LogP contribution in [0.2, 0.25) is 0 Å². The monoisotopic (exact) mass is 450 g/mol. The van der Waals surface area contributed by atoms with Crippen molar-refractivity contribution in [3.05, 3.63) is 33.1 Å². The van der Waals surface area contributed by atoms with Crippen LogP contribution in [0.25, 0.3) is 0 Å². The molecule has 10 heteroatoms. The number of rotatable bonds is 2. The van der Waals surface area contributed by atoms with Gasteiger partial charge in [0.2, 0.25) is 0 Å². The zero-order chi connectivity index (χ0) is 11.8. The van der Waals surface area contributed by atoms with Crippen molar-refractivity contribution in [3.63, 3.8) is 0 Å². The molecule has 0 amide bonds. The molecule has 0 bridgehead atoms. The van der Waals surface area contributed by atoms with Crippen molar-refractivity contribution in [3.8, 4) is 0 Å². The summed E-state index contributed by atoms with van der Waals surface area (Å²) in [6.07, 6.45) is 1.29. The van der Waals surface area contributed by atoms with Crippen molar-refractivity contribution >= 4 is 29.5 Å². The normalized spacial score (nSPS) is 8.69. The Bertz CT molecular complexity index is 393. The molecular weight excluding hydrogens is 444 g/mol. The van der Waals surface area contributed by atoms with Gasteiger partial charge in [-0.15, -0.1) is 3.94 Å². The number of carbonyl (C=O) groups is 1. The summed E-state index contributed by atoms with van der Waals surface area (Å²) in [5, 5.41) is 7.87. The van der Waals surface area contributed by atoms with Gasteiger partial charge in [0.05, 0.1) is 0 Å². The van der Waals surface area contributed by atoms with Crippen molar-refractivity contribution in [1.82, 2.24) is 13.9 Å². The molecule has 3 N–H and O–H groups in total. The van der Waals surface area contributed by atoms with Gasteiger partial charge in [0.1, 0.15) is 6.54 Å². The number of halogens is 2. The van der Waals surface area contributed by atoms with E-state index in [4.69, 9.17) is 28.7 Å². The number of aromatic amines is 2. The predicted molar refractivity (Wildman–Crippen MR) is 53.7 cm³/mol. The largest absolute Gasteiger partial charge is 2.00 e. The molecule has 0 radical (unpaired) electrons. The summed E-state index contributed by atoms with van der Waals surface area (Å²) in [6.45, 7) is -0.358. The second-order valence-corrected chi connectivity index (χ2v) is 3.14. The van der Waals surface area contributed by atoms with Gasteiger partial charge in [-0.2, -0.15) is 0 Å². The van der Waals surface area contributed by atoms with Gasteiger partial charge >= 0.3 is 32.7 Å². The Morgan fingerprint density at radius 1 is 1.44 bits per heavy atom. The Labute approximate surface area is 114 Å². The van der Waals surface area contributed by atoms with Gasteiger partial charge in [-0.3, -0.25) is 14.6 Å². The first-order chi connectivity index (χ1) is 6.91. The molecule has 0 spiro atoms. The number of aliphatic carboxylic acids is 1. The van der Waals surface area contributed by atoms with E-state index in [1.165, 1.54) is 12.3 Å². The molecule has 1 aromatic rings. The van der Waals surface area contributed by atoms with Gasteiger partial charge in [0.25, 0.3) is 5.56 Å². The smallest absolute Gasteiger partial charge is 0.480 e. The van der Waals surface area contributed by atoms with E-state index in [0.29, 0.717) is 3.94 Å². The van der Waals surface area contributed by atoms with Crippen molar-refractivity contribution in [2.45, 2.75) is 0 Å². The van der Waals surface area contributed by atoms with E-state index in [2.05, 4.69) is 4.98 Å². The Morgan fingerprint density at radius 2 is 2.00 bits per heavy atom. The van der Waals surface area contributed by atoms with Crippen LogP contribution in [0.3, 0.4) is 0 Å². The minimum absolute atomic E-state index is 0. The predicted octanol–water partition coefficient (Wildman–Crippen LogP) is -0.259. The number of carboxylic acids is 1. The second-order valence-electron chi connectivity index (χ2n) is 2.15. The maximum absolute atomic E-state index is 10.2. The summed E-state index contributed by atoms with van der Waals surface area (Å²) < 4.78 is 0.544. The van der Waals surface area contributed by atoms with Crippen LogP contribution in [0.5, 0.6) is 0 Å². The first kappa shape index (κ1) is 17.8. The Morgan fingerprint density at radius 3 is 2.19 bits per heavy atom. The summed E-state index contributed by atoms with van der Waals surface area (Å²) in [7, 11) is 0. The second kappa shape index (κ2) is 9.59. The van der Waals surface area contributed by atoms with E-state index in [1.807, 2.05) is 4.98 Å². The van der Waals surface area contributed by atoms with Crippen LogP contribution in [0.15, 0.2) is 21.9 Å². The molecule has 92 valence electrons. The molecule has 0 unspecified atom stereocenters. The third-order valence-electron chi connectivity index (χ3n) is 0.941. The van der Waals surface area contributed by atoms with Crippen LogP contribution in [0, 0.1) is 0 Å². The summed E-state index contributed by atoms with van der Waals surface area (Å²) >= 11 is 9.78. The summed E-state index contributed by atoms with van der Waals surface area (Å²) in [5.74, 6) is -1.05. The number of nitrogens with zero attached hydrogens (tertiary/aromatic N) is 1. The number of carboxylic acid groups (broad SMARTS) is 1. The van der Waals surface area contributed by atoms with Crippen LogP contribution < -0.4 is 11.2 Å². The third-order valence-corrected chi connectivity index (χ3v) is 1.18. The molecule has 1 aromatic heterocycles. The van der Waals surface area contributed by atoms with Crippen molar-refractivity contribution in [2.75, 3.05) is 6.54 Å². The number of hydrogen-bond donors (Lipinski definition) is 3. The van der Waals surface area contributed by atoms with Gasteiger partial charge in [0, 0.05) is 12.3 Å². The van der Waals surface area contributed by atoms with Gasteiger partial charge in [-0.1, -0.05) is 0 Å². The Balaban J connectivity index is 0. The minimum Gasteiger partial charge on any atom is -0.480 e. The number of H-pyrrole nitrogens is 2. The van der Waals surface area contributed by atoms with E-state index < -0.39 is 11.7 Å². The average molecular weight is 451 g/mol. The van der Waals surface area contributed by atoms with Gasteiger partial charge in [-0.05, 0) is 23.6 Å². The van der Waals surface area contributed by atoms with Crippen LogP contribution in [0.4, 0.5) is 0 Å². The van der Waals surface area contributed by atoms with Crippen LogP contribution in [-0.4, -0.2) is 31.5 Å². The first-order valence-corrected chi connectivity index (χ1v) is 4.18. The van der Waals surface area contributed by atoms with E-state index in [1.54, 1.807) is 0 Å². The van der Waals surface area contributed by atoms with Gasteiger partial charge in [0.15, 0.2) is 0 Å². The summed E-state index contributed by atoms with van der Waals surface area (Å²) in [4.78, 5) is 34.3. The molecule has 0 atom stereocenters. The quantitative estimate of drug-likeness (QED) is 0.538. The van der Waals surface area contributed by atoms with E-state index >= 15 is 0 Å². The molecule has 0 saturated carbocycles. The third kappa shape index (κ3) is 11.5. The molecule has 1 heterocycles. The fourth-order valence-corrected chi connectivity index (χ4v) is 0.689. The fraction of sp³-hybridized carbons (Fsp3) is 0.167. The van der Waals surface area contributed by atoms with E-state index in [0.717, 1.165) is 0 Å². The molecule has 7 nitrogen and oxygen atoms in total. The van der Waals surface area contributed by atoms with Crippen molar-refractivity contribution in [2.24, 2.45) is 0 Å². The maximum Gasteiger partial charge on any atom is 2.00 e. The van der Waals surface area contributed by atoms with Crippen LogP contribution >= 0.6 is 23.6 Å². The van der Waals surface area contributed by atoms with Crippen molar-refractivity contribution in [1.29, 1.82) is 0 Å². The summed E-state index contributed by atoms with van der Waals surface area (Å²) in [6, 6.07) is 1.24. The van der Waals surface area contributed by atoms with Crippen LogP contribution in [0.1, 0.15) is 0 Å². The van der Waals surface area contributed by atoms with Gasteiger partial charge in [-0.25, -0.2) is 4.79 Å². The van der Waals surface area contributed by atoms with Gasteiger partial charge < -0.3 is 10.1 Å². The molecule has 0 aromatic carbocycles. The Kier molecular flexibility index (Phi) is 10.7. The van der Waals surface area contributed by atoms with Crippen molar-refractivity contribution < 1.29 is 31.0 Å². The standard InChI is InChI=1S/C4H4N2O2.C2H3Cl2NO2.Pt/c7-3-1-2-5-4(8)6-3;3-5(4)1-2(6)7;/h1-2H,(H2,5,6,7,8);1H2,(H,6,7);/q;;+2. The molecule has 16 heavy (non-hydrogen) atoms. The fourth-order valence-electron chi connectivity index (χ4n) is 0.485. The zero-order valence-electron chi connectivity index (χ0n) is 7.55. The van der Waals surface area contributed by atoms with Crippen LogP contribution in [-0.2, 0) is 25.9 Å². The Hall–Kier alpha value is -0.622. The summed E-state index contributed by atoms with van der Waals surface area (Å²) in [5.41, 5.74) is -0.855. The molecule has 0 aliphatic rings. The SMILES string of the molecule is O=C(O)CN(Cl)Cl.O=c1cc[nH]c(=O)[nH]1.[Pt+2]. The van der Waals surface area contributed by atoms with E-state index in [-0.39, 0.29) is 33.2 Å². The zero-order valence-corrected chi connectivity index (χ0v) is 11.3. The van der Waals surface area contributed by atoms with E-state index in [9.17, 15) is 14.4 Å². The topological polar surface area (TPSA) is 106 Å². The molecule has 1 rings (SSSR count). The molecule has 0 aliphatic heterocycles. The molecular formula is C6H7Cl2N3O4Pt+2. The average Bonchev–Trinajstić information content (AvgIpc) is 2.01. The number of hydrogen-bond acceptors (Lipinski definition) is 4.